The zero-order valence-corrected chi connectivity index (χ0v) is 13.6. The zero-order valence-electron chi connectivity index (χ0n) is 12.8. The first-order valence-corrected chi connectivity index (χ1v) is 8.56. The van der Waals surface area contributed by atoms with Crippen LogP contribution in [0.15, 0.2) is 30.3 Å². The lowest BCUT2D eigenvalue weighted by Crippen LogP contribution is -2.19. The minimum atomic E-state index is 0.885. The van der Waals surface area contributed by atoms with Gasteiger partial charge in [0.2, 0.25) is 0 Å². The van der Waals surface area contributed by atoms with Gasteiger partial charge in [-0.15, -0.1) is 0 Å². The molecule has 1 fully saturated rings. The number of benzene rings is 1. The molecule has 1 saturated carbocycles. The Kier molecular flexibility index (Phi) is 4.56. The van der Waals surface area contributed by atoms with E-state index in [0.29, 0.717) is 0 Å². The van der Waals surface area contributed by atoms with Gasteiger partial charge in [0.25, 0.3) is 0 Å². The third-order valence-electron chi connectivity index (χ3n) is 3.82. The molecule has 3 rings (SSSR count). The highest BCUT2D eigenvalue weighted by atomic mass is 32.1. The molecule has 0 saturated heterocycles. The number of rotatable bonds is 7. The van der Waals surface area contributed by atoms with Crippen LogP contribution in [-0.4, -0.2) is 25.1 Å². The van der Waals surface area contributed by atoms with Gasteiger partial charge in [-0.25, -0.2) is 4.98 Å². The van der Waals surface area contributed by atoms with Gasteiger partial charge in [0.15, 0.2) is 5.13 Å². The molecule has 3 nitrogen and oxygen atoms in total. The molecular weight excluding hydrogens is 278 g/mol. The highest BCUT2D eigenvalue weighted by Crippen LogP contribution is 2.35. The maximum Gasteiger partial charge on any atom is 0.185 e. The van der Waals surface area contributed by atoms with Crippen molar-refractivity contribution in [2.24, 2.45) is 5.92 Å². The van der Waals surface area contributed by atoms with Crippen molar-refractivity contribution in [3.8, 4) is 11.3 Å². The van der Waals surface area contributed by atoms with Gasteiger partial charge in [0.1, 0.15) is 0 Å². The molecule has 1 aliphatic rings. The van der Waals surface area contributed by atoms with E-state index in [1.165, 1.54) is 23.3 Å². The van der Waals surface area contributed by atoms with Crippen molar-refractivity contribution in [2.75, 3.05) is 25.0 Å². The van der Waals surface area contributed by atoms with Gasteiger partial charge >= 0.3 is 0 Å². The van der Waals surface area contributed by atoms with Gasteiger partial charge in [-0.2, -0.15) is 0 Å². The summed E-state index contributed by atoms with van der Waals surface area (Å²) in [6.07, 6.45) is 2.76. The number of hydrogen-bond acceptors (Lipinski definition) is 4. The second kappa shape index (κ2) is 6.58. The Hall–Kier alpha value is -1.39. The Morgan fingerprint density at radius 3 is 2.71 bits per heavy atom. The Morgan fingerprint density at radius 2 is 2.05 bits per heavy atom. The van der Waals surface area contributed by atoms with Gasteiger partial charge in [0, 0.05) is 30.6 Å². The predicted octanol–water partition coefficient (Wildman–Crippen LogP) is 3.77. The highest BCUT2D eigenvalue weighted by molar-refractivity contribution is 7.16. The minimum absolute atomic E-state index is 0.885. The molecule has 1 N–H and O–H groups in total. The van der Waals surface area contributed by atoms with Crippen molar-refractivity contribution < 1.29 is 0 Å². The van der Waals surface area contributed by atoms with E-state index in [9.17, 15) is 0 Å². The van der Waals surface area contributed by atoms with E-state index in [1.807, 2.05) is 11.3 Å². The molecule has 4 heteroatoms. The average Bonchev–Trinajstić information content (AvgIpc) is 3.22. The van der Waals surface area contributed by atoms with Crippen molar-refractivity contribution in [3.63, 3.8) is 0 Å². The molecule has 1 aliphatic carbocycles. The summed E-state index contributed by atoms with van der Waals surface area (Å²) in [5.41, 5.74) is 2.35. The molecule has 0 amide bonds. The van der Waals surface area contributed by atoms with E-state index in [-0.39, 0.29) is 0 Å². The van der Waals surface area contributed by atoms with Crippen LogP contribution in [0.4, 0.5) is 5.13 Å². The number of thiazole rings is 1. The van der Waals surface area contributed by atoms with Gasteiger partial charge in [0.05, 0.1) is 5.69 Å². The lowest BCUT2D eigenvalue weighted by Gasteiger charge is -2.14. The van der Waals surface area contributed by atoms with E-state index in [2.05, 4.69) is 54.5 Å². The van der Waals surface area contributed by atoms with Crippen molar-refractivity contribution in [2.45, 2.75) is 26.3 Å². The summed E-state index contributed by atoms with van der Waals surface area (Å²) in [5, 5.41) is 4.58. The van der Waals surface area contributed by atoms with Crippen molar-refractivity contribution >= 4 is 16.5 Å². The third kappa shape index (κ3) is 3.63. The SMILES string of the molecule is CCNCc1sc(N(C)CC2CC2)nc1-c1ccccc1. The summed E-state index contributed by atoms with van der Waals surface area (Å²) in [7, 11) is 2.17. The maximum absolute atomic E-state index is 4.92. The third-order valence-corrected chi connectivity index (χ3v) is 4.99. The van der Waals surface area contributed by atoms with Crippen molar-refractivity contribution in [3.05, 3.63) is 35.2 Å². The van der Waals surface area contributed by atoms with Gasteiger partial charge in [-0.3, -0.25) is 0 Å². The summed E-state index contributed by atoms with van der Waals surface area (Å²) < 4.78 is 0. The topological polar surface area (TPSA) is 28.2 Å². The fraction of sp³-hybridized carbons (Fsp3) is 0.471. The van der Waals surface area contributed by atoms with Crippen LogP contribution in [0.2, 0.25) is 0 Å². The lowest BCUT2D eigenvalue weighted by atomic mass is 10.1. The molecular formula is C17H23N3S. The number of nitrogens with one attached hydrogen (secondary N) is 1. The Morgan fingerprint density at radius 1 is 1.29 bits per heavy atom. The van der Waals surface area contributed by atoms with E-state index in [0.717, 1.165) is 36.4 Å². The first-order valence-electron chi connectivity index (χ1n) is 7.75. The minimum Gasteiger partial charge on any atom is -0.351 e. The summed E-state index contributed by atoms with van der Waals surface area (Å²) in [6.45, 7) is 5.17. The van der Waals surface area contributed by atoms with E-state index in [4.69, 9.17) is 4.98 Å². The first kappa shape index (κ1) is 14.5. The van der Waals surface area contributed by atoms with Crippen LogP contribution in [-0.2, 0) is 6.54 Å². The molecule has 0 aliphatic heterocycles. The van der Waals surface area contributed by atoms with Crippen LogP contribution in [0.1, 0.15) is 24.6 Å². The quantitative estimate of drug-likeness (QED) is 0.844. The molecule has 1 aromatic carbocycles. The first-order chi connectivity index (χ1) is 10.3. The van der Waals surface area contributed by atoms with Gasteiger partial charge < -0.3 is 10.2 Å². The largest absolute Gasteiger partial charge is 0.351 e. The predicted molar refractivity (Wildman–Crippen MR) is 90.9 cm³/mol. The fourth-order valence-corrected chi connectivity index (χ4v) is 3.47. The second-order valence-corrected chi connectivity index (χ2v) is 6.80. The smallest absolute Gasteiger partial charge is 0.185 e. The van der Waals surface area contributed by atoms with Crippen LogP contribution >= 0.6 is 11.3 Å². The average molecular weight is 301 g/mol. The second-order valence-electron chi connectivity index (χ2n) is 5.74. The van der Waals surface area contributed by atoms with Crippen LogP contribution in [0.3, 0.4) is 0 Å². The monoisotopic (exact) mass is 301 g/mol. The number of nitrogens with zero attached hydrogens (tertiary/aromatic N) is 2. The molecule has 0 spiro atoms. The summed E-state index contributed by atoms with van der Waals surface area (Å²) in [5.74, 6) is 0.885. The Labute approximate surface area is 131 Å². The highest BCUT2D eigenvalue weighted by Gasteiger charge is 2.24. The normalized spacial score (nSPS) is 14.4. The van der Waals surface area contributed by atoms with Gasteiger partial charge in [-0.1, -0.05) is 48.6 Å². The van der Waals surface area contributed by atoms with E-state index >= 15 is 0 Å². The lowest BCUT2D eigenvalue weighted by molar-refractivity contribution is 0.735. The molecule has 0 radical (unpaired) electrons. The molecule has 0 atom stereocenters. The van der Waals surface area contributed by atoms with Crippen molar-refractivity contribution in [1.82, 2.24) is 10.3 Å². The molecule has 21 heavy (non-hydrogen) atoms. The van der Waals surface area contributed by atoms with Crippen LogP contribution < -0.4 is 10.2 Å². The number of anilines is 1. The number of aromatic nitrogens is 1. The number of hydrogen-bond donors (Lipinski definition) is 1. The zero-order chi connectivity index (χ0) is 14.7. The molecule has 2 aromatic rings. The summed E-state index contributed by atoms with van der Waals surface area (Å²) in [4.78, 5) is 8.58. The molecule has 0 bridgehead atoms. The van der Waals surface area contributed by atoms with Crippen LogP contribution in [0, 0.1) is 5.92 Å². The molecule has 112 valence electrons. The van der Waals surface area contributed by atoms with Gasteiger partial charge in [-0.05, 0) is 25.3 Å². The van der Waals surface area contributed by atoms with Crippen LogP contribution in [0.25, 0.3) is 11.3 Å². The standard InChI is InChI=1S/C17H23N3S/c1-3-18-11-15-16(14-7-5-4-6-8-14)19-17(21-15)20(2)12-13-9-10-13/h4-8,13,18H,3,9-12H2,1-2H3. The van der Waals surface area contributed by atoms with Crippen molar-refractivity contribution in [1.29, 1.82) is 0 Å². The maximum atomic E-state index is 4.92. The van der Waals surface area contributed by atoms with E-state index in [1.54, 1.807) is 0 Å². The molecule has 1 heterocycles. The molecule has 0 unspecified atom stereocenters. The Balaban J connectivity index is 1.86. The summed E-state index contributed by atoms with van der Waals surface area (Å²) in [6, 6.07) is 10.5. The van der Waals surface area contributed by atoms with E-state index < -0.39 is 0 Å². The van der Waals surface area contributed by atoms with Crippen LogP contribution in [0.5, 0.6) is 0 Å². The summed E-state index contributed by atoms with van der Waals surface area (Å²) >= 11 is 1.82. The Bertz CT molecular complexity index is 575. The molecule has 1 aromatic heterocycles. The fourth-order valence-electron chi connectivity index (χ4n) is 2.45.